The Morgan fingerprint density at radius 2 is 2.00 bits per heavy atom. The molecule has 6 nitrogen and oxygen atoms in total. The normalized spacial score (nSPS) is 11.7. The third-order valence-electron chi connectivity index (χ3n) is 3.92. The largest absolute Gasteiger partial charge is 0.356 e. The number of fused-ring (bicyclic) bond motifs is 1. The summed E-state index contributed by atoms with van der Waals surface area (Å²) in [5.41, 5.74) is 2.10. The summed E-state index contributed by atoms with van der Waals surface area (Å²) >= 11 is 3.46. The summed E-state index contributed by atoms with van der Waals surface area (Å²) in [6, 6.07) is 14.2. The van der Waals surface area contributed by atoms with Crippen LogP contribution in [0.25, 0.3) is 5.65 Å². The predicted molar refractivity (Wildman–Crippen MR) is 104 cm³/mol. The number of benzene rings is 1. The molecule has 25 heavy (non-hydrogen) atoms. The number of hydrogen-bond donors (Lipinski definition) is 1. The minimum absolute atomic E-state index is 0.743. The Balaban J connectivity index is 1.56. The summed E-state index contributed by atoms with van der Waals surface area (Å²) in [7, 11) is 3.83. The lowest BCUT2D eigenvalue weighted by Gasteiger charge is -2.22. The number of pyridine rings is 1. The lowest BCUT2D eigenvalue weighted by Crippen LogP contribution is -2.39. The van der Waals surface area contributed by atoms with Gasteiger partial charge in [-0.1, -0.05) is 34.1 Å². The number of halogens is 1. The van der Waals surface area contributed by atoms with Crippen LogP contribution in [0.3, 0.4) is 0 Å². The second-order valence-corrected chi connectivity index (χ2v) is 6.67. The van der Waals surface area contributed by atoms with Gasteiger partial charge in [0.15, 0.2) is 11.6 Å². The van der Waals surface area contributed by atoms with Gasteiger partial charge in [-0.25, -0.2) is 0 Å². The van der Waals surface area contributed by atoms with Crippen molar-refractivity contribution < 1.29 is 0 Å². The van der Waals surface area contributed by atoms with Crippen molar-refractivity contribution in [3.05, 3.63) is 64.5 Å². The van der Waals surface area contributed by atoms with E-state index in [4.69, 9.17) is 0 Å². The fourth-order valence-electron chi connectivity index (χ4n) is 2.67. The Hall–Kier alpha value is -2.41. The van der Waals surface area contributed by atoms with Crippen molar-refractivity contribution in [2.24, 2.45) is 4.99 Å². The maximum absolute atomic E-state index is 4.36. The molecule has 0 aliphatic carbocycles. The number of nitrogens with one attached hydrogen (secondary N) is 1. The van der Waals surface area contributed by atoms with Crippen LogP contribution < -0.4 is 5.32 Å². The van der Waals surface area contributed by atoms with Gasteiger partial charge in [-0.15, -0.1) is 10.2 Å². The Bertz CT molecular complexity index is 855. The van der Waals surface area contributed by atoms with Gasteiger partial charge in [0.05, 0.1) is 0 Å². The zero-order chi connectivity index (χ0) is 17.6. The molecule has 3 rings (SSSR count). The molecule has 0 spiro atoms. The minimum atomic E-state index is 0.743. The molecule has 1 N–H and O–H groups in total. The van der Waals surface area contributed by atoms with Crippen molar-refractivity contribution >= 4 is 27.5 Å². The molecule has 0 radical (unpaired) electrons. The van der Waals surface area contributed by atoms with Gasteiger partial charge in [0.2, 0.25) is 0 Å². The van der Waals surface area contributed by atoms with Gasteiger partial charge in [0.25, 0.3) is 0 Å². The first-order chi connectivity index (χ1) is 12.2. The van der Waals surface area contributed by atoms with E-state index in [1.807, 2.05) is 35.8 Å². The Morgan fingerprint density at radius 1 is 1.20 bits per heavy atom. The van der Waals surface area contributed by atoms with E-state index in [1.54, 1.807) is 7.05 Å². The standard InChI is InChI=1S/C18H21BrN6/c1-20-18(24(2)13-14-6-8-15(19)9-7-14)21-11-10-17-23-22-16-5-3-4-12-25(16)17/h3-9,12H,10-11,13H2,1-2H3,(H,20,21). The molecule has 0 bridgehead atoms. The molecule has 130 valence electrons. The van der Waals surface area contributed by atoms with Crippen LogP contribution in [0.4, 0.5) is 0 Å². The molecular weight excluding hydrogens is 380 g/mol. The van der Waals surface area contributed by atoms with Crippen LogP contribution in [-0.2, 0) is 13.0 Å². The number of aromatic nitrogens is 3. The van der Waals surface area contributed by atoms with Gasteiger partial charge in [-0.2, -0.15) is 0 Å². The monoisotopic (exact) mass is 400 g/mol. The molecule has 0 unspecified atom stereocenters. The van der Waals surface area contributed by atoms with Gasteiger partial charge < -0.3 is 10.2 Å². The maximum Gasteiger partial charge on any atom is 0.193 e. The molecule has 0 saturated heterocycles. The number of nitrogens with zero attached hydrogens (tertiary/aromatic N) is 5. The third kappa shape index (κ3) is 4.36. The van der Waals surface area contributed by atoms with Crippen LogP contribution >= 0.6 is 15.9 Å². The van der Waals surface area contributed by atoms with Crippen molar-refractivity contribution in [1.29, 1.82) is 0 Å². The van der Waals surface area contributed by atoms with Crippen LogP contribution in [0.15, 0.2) is 58.1 Å². The molecular formula is C18H21BrN6. The molecule has 7 heteroatoms. The zero-order valence-corrected chi connectivity index (χ0v) is 15.9. The predicted octanol–water partition coefficient (Wildman–Crippen LogP) is 2.74. The average molecular weight is 401 g/mol. The van der Waals surface area contributed by atoms with Gasteiger partial charge in [0.1, 0.15) is 5.82 Å². The number of hydrogen-bond acceptors (Lipinski definition) is 3. The number of rotatable bonds is 5. The smallest absolute Gasteiger partial charge is 0.193 e. The molecule has 0 saturated carbocycles. The SMILES string of the molecule is CN=C(NCCc1nnc2ccccn12)N(C)Cc1ccc(Br)cc1. The fraction of sp³-hybridized carbons (Fsp3) is 0.278. The lowest BCUT2D eigenvalue weighted by molar-refractivity contribution is 0.476. The quantitative estimate of drug-likeness (QED) is 0.528. The summed E-state index contributed by atoms with van der Waals surface area (Å²) in [4.78, 5) is 6.46. The van der Waals surface area contributed by atoms with E-state index in [9.17, 15) is 0 Å². The van der Waals surface area contributed by atoms with Crippen molar-refractivity contribution in [1.82, 2.24) is 24.8 Å². The molecule has 0 atom stereocenters. The van der Waals surface area contributed by atoms with Crippen LogP contribution in [0.2, 0.25) is 0 Å². The van der Waals surface area contributed by atoms with Gasteiger partial charge in [-0.05, 0) is 29.8 Å². The zero-order valence-electron chi connectivity index (χ0n) is 14.4. The van der Waals surface area contributed by atoms with Gasteiger partial charge >= 0.3 is 0 Å². The van der Waals surface area contributed by atoms with Crippen molar-refractivity contribution in [3.8, 4) is 0 Å². The van der Waals surface area contributed by atoms with E-state index in [0.29, 0.717) is 0 Å². The van der Waals surface area contributed by atoms with E-state index in [0.717, 1.165) is 41.4 Å². The van der Waals surface area contributed by atoms with Crippen LogP contribution in [-0.4, -0.2) is 46.1 Å². The highest BCUT2D eigenvalue weighted by atomic mass is 79.9. The van der Waals surface area contributed by atoms with E-state index in [1.165, 1.54) is 5.56 Å². The van der Waals surface area contributed by atoms with E-state index in [-0.39, 0.29) is 0 Å². The first-order valence-electron chi connectivity index (χ1n) is 8.12. The number of aliphatic imine (C=N–C) groups is 1. The Labute approximate surface area is 155 Å². The summed E-state index contributed by atoms with van der Waals surface area (Å²) in [5, 5.41) is 11.8. The highest BCUT2D eigenvalue weighted by Gasteiger charge is 2.08. The van der Waals surface area contributed by atoms with Crippen molar-refractivity contribution in [2.45, 2.75) is 13.0 Å². The van der Waals surface area contributed by atoms with E-state index < -0.39 is 0 Å². The average Bonchev–Trinajstić information content (AvgIpc) is 3.04. The summed E-state index contributed by atoms with van der Waals surface area (Å²) in [6.45, 7) is 1.54. The Morgan fingerprint density at radius 3 is 2.76 bits per heavy atom. The molecule has 3 aromatic rings. The first kappa shape index (κ1) is 17.4. The maximum atomic E-state index is 4.36. The fourth-order valence-corrected chi connectivity index (χ4v) is 2.94. The Kier molecular flexibility index (Phi) is 5.65. The summed E-state index contributed by atoms with van der Waals surface area (Å²) in [6.07, 6.45) is 2.76. The van der Waals surface area contributed by atoms with Gasteiger partial charge in [0, 0.05) is 44.3 Å². The van der Waals surface area contributed by atoms with E-state index >= 15 is 0 Å². The van der Waals surface area contributed by atoms with Crippen LogP contribution in [0.1, 0.15) is 11.4 Å². The van der Waals surface area contributed by atoms with Gasteiger partial charge in [-0.3, -0.25) is 9.39 Å². The van der Waals surface area contributed by atoms with Crippen LogP contribution in [0.5, 0.6) is 0 Å². The second-order valence-electron chi connectivity index (χ2n) is 5.75. The highest BCUT2D eigenvalue weighted by Crippen LogP contribution is 2.11. The lowest BCUT2D eigenvalue weighted by atomic mass is 10.2. The first-order valence-corrected chi connectivity index (χ1v) is 8.91. The van der Waals surface area contributed by atoms with Crippen molar-refractivity contribution in [2.75, 3.05) is 20.6 Å². The van der Waals surface area contributed by atoms with Crippen molar-refractivity contribution in [3.63, 3.8) is 0 Å². The molecule has 2 aromatic heterocycles. The molecule has 1 aromatic carbocycles. The molecule has 0 fully saturated rings. The highest BCUT2D eigenvalue weighted by molar-refractivity contribution is 9.10. The second kappa shape index (κ2) is 8.11. The third-order valence-corrected chi connectivity index (χ3v) is 4.45. The summed E-state index contributed by atoms with van der Waals surface area (Å²) < 4.78 is 3.10. The molecule has 0 amide bonds. The number of guanidine groups is 1. The molecule has 2 heterocycles. The van der Waals surface area contributed by atoms with E-state index in [2.05, 4.69) is 65.6 Å². The topological polar surface area (TPSA) is 57.8 Å². The minimum Gasteiger partial charge on any atom is -0.356 e. The molecule has 0 aliphatic heterocycles. The molecule has 0 aliphatic rings. The van der Waals surface area contributed by atoms with Crippen LogP contribution in [0, 0.1) is 0 Å². The summed E-state index contributed by atoms with van der Waals surface area (Å²) in [5.74, 6) is 1.80.